The first-order chi connectivity index (χ1) is 8.61. The van der Waals surface area contributed by atoms with Crippen molar-refractivity contribution in [3.05, 3.63) is 0 Å². The third-order valence-electron chi connectivity index (χ3n) is 3.91. The second kappa shape index (κ2) is 5.69. The van der Waals surface area contributed by atoms with E-state index in [1.807, 2.05) is 0 Å². The quantitative estimate of drug-likeness (QED) is 0.757. The fourth-order valence-corrected chi connectivity index (χ4v) is 2.88. The van der Waals surface area contributed by atoms with Crippen molar-refractivity contribution in [2.75, 3.05) is 33.7 Å². The molecule has 2 fully saturated rings. The molecule has 2 amide bonds. The van der Waals surface area contributed by atoms with Gasteiger partial charge in [-0.2, -0.15) is 0 Å². The van der Waals surface area contributed by atoms with Crippen molar-refractivity contribution in [2.45, 2.75) is 31.7 Å². The highest BCUT2D eigenvalue weighted by Crippen LogP contribution is 2.23. The van der Waals surface area contributed by atoms with E-state index in [1.54, 1.807) is 23.9 Å². The van der Waals surface area contributed by atoms with Gasteiger partial charge in [0.05, 0.1) is 5.92 Å². The molecule has 1 N–H and O–H groups in total. The minimum absolute atomic E-state index is 0.0598. The van der Waals surface area contributed by atoms with Crippen molar-refractivity contribution in [3.63, 3.8) is 0 Å². The Bertz CT molecular complexity index is 324. The van der Waals surface area contributed by atoms with Crippen molar-refractivity contribution in [2.24, 2.45) is 5.92 Å². The molecule has 2 unspecified atom stereocenters. The van der Waals surface area contributed by atoms with Crippen LogP contribution in [0.4, 0.5) is 0 Å². The molecule has 2 heterocycles. The van der Waals surface area contributed by atoms with Crippen LogP contribution in [0.15, 0.2) is 0 Å². The van der Waals surface area contributed by atoms with E-state index in [2.05, 4.69) is 5.32 Å². The van der Waals surface area contributed by atoms with Gasteiger partial charge in [-0.1, -0.05) is 0 Å². The minimum Gasteiger partial charge on any atom is -0.347 e. The summed E-state index contributed by atoms with van der Waals surface area (Å²) in [5.74, 6) is 0.291. The van der Waals surface area contributed by atoms with E-state index in [4.69, 9.17) is 0 Å². The minimum atomic E-state index is -0.227. The number of nitrogens with zero attached hydrogens (tertiary/aromatic N) is 2. The lowest BCUT2D eigenvalue weighted by molar-refractivity contribution is -0.145. The Balaban J connectivity index is 2.01. The van der Waals surface area contributed by atoms with Crippen molar-refractivity contribution in [3.8, 4) is 0 Å². The van der Waals surface area contributed by atoms with Crippen LogP contribution in [0.2, 0.25) is 0 Å². The number of likely N-dealkylation sites (tertiary alicyclic amines) is 1. The number of nitrogens with one attached hydrogen (secondary N) is 1. The lowest BCUT2D eigenvalue weighted by Gasteiger charge is -2.31. The molecule has 0 radical (unpaired) electrons. The number of carbonyl (C=O) groups excluding carboxylic acids is 2. The highest BCUT2D eigenvalue weighted by Gasteiger charge is 2.37. The van der Waals surface area contributed by atoms with Crippen molar-refractivity contribution in [1.29, 1.82) is 0 Å². The van der Waals surface area contributed by atoms with Crippen LogP contribution < -0.4 is 5.32 Å². The standard InChI is InChI=1S/C13H23N3O2/c1-15(2)13(18)11-6-4-8-16(11)12(17)10-5-3-7-14-9-10/h10-11,14H,3-9H2,1-2H3. The zero-order valence-corrected chi connectivity index (χ0v) is 11.3. The van der Waals surface area contributed by atoms with E-state index in [1.165, 1.54) is 0 Å². The summed E-state index contributed by atoms with van der Waals surface area (Å²) in [5, 5.41) is 3.26. The van der Waals surface area contributed by atoms with Crippen LogP contribution in [0.1, 0.15) is 25.7 Å². The number of hydrogen-bond acceptors (Lipinski definition) is 3. The van der Waals surface area contributed by atoms with E-state index >= 15 is 0 Å². The van der Waals surface area contributed by atoms with Gasteiger partial charge in [0.15, 0.2) is 0 Å². The largest absolute Gasteiger partial charge is 0.347 e. The zero-order valence-electron chi connectivity index (χ0n) is 11.3. The Kier molecular flexibility index (Phi) is 4.22. The van der Waals surface area contributed by atoms with Gasteiger partial charge in [-0.05, 0) is 32.2 Å². The maximum absolute atomic E-state index is 12.5. The van der Waals surface area contributed by atoms with Crippen molar-refractivity contribution in [1.82, 2.24) is 15.1 Å². The molecule has 5 nitrogen and oxygen atoms in total. The maximum atomic E-state index is 12.5. The summed E-state index contributed by atoms with van der Waals surface area (Å²) in [6, 6.07) is -0.227. The van der Waals surface area contributed by atoms with E-state index in [0.29, 0.717) is 0 Å². The van der Waals surface area contributed by atoms with Gasteiger partial charge in [-0.15, -0.1) is 0 Å². The Morgan fingerprint density at radius 2 is 2.00 bits per heavy atom. The zero-order chi connectivity index (χ0) is 13.1. The van der Waals surface area contributed by atoms with Crippen LogP contribution in [0.5, 0.6) is 0 Å². The number of carbonyl (C=O) groups is 2. The summed E-state index contributed by atoms with van der Waals surface area (Å²) in [5.41, 5.74) is 0. The smallest absolute Gasteiger partial charge is 0.244 e. The SMILES string of the molecule is CN(C)C(=O)C1CCCN1C(=O)C1CCCNC1. The molecule has 0 aromatic carbocycles. The number of likely N-dealkylation sites (N-methyl/N-ethyl adjacent to an activating group) is 1. The molecular formula is C13H23N3O2. The highest BCUT2D eigenvalue weighted by molar-refractivity contribution is 5.89. The van der Waals surface area contributed by atoms with Crippen molar-refractivity contribution < 1.29 is 9.59 Å². The molecule has 5 heteroatoms. The lowest BCUT2D eigenvalue weighted by atomic mass is 9.97. The van der Waals surface area contributed by atoms with Crippen LogP contribution in [0, 0.1) is 5.92 Å². The number of rotatable bonds is 2. The van der Waals surface area contributed by atoms with E-state index < -0.39 is 0 Å². The van der Waals surface area contributed by atoms with Crippen LogP contribution in [0.25, 0.3) is 0 Å². The molecule has 2 rings (SSSR count). The molecule has 0 bridgehead atoms. The Hall–Kier alpha value is -1.10. The summed E-state index contributed by atoms with van der Waals surface area (Å²) in [6.07, 6.45) is 3.75. The molecule has 0 aromatic rings. The molecule has 2 aliphatic rings. The Morgan fingerprint density at radius 3 is 2.61 bits per heavy atom. The number of piperidine rings is 1. The van der Waals surface area contributed by atoms with Crippen LogP contribution in [-0.2, 0) is 9.59 Å². The fourth-order valence-electron chi connectivity index (χ4n) is 2.88. The molecule has 0 spiro atoms. The van der Waals surface area contributed by atoms with Gasteiger partial charge in [0, 0.05) is 27.2 Å². The van der Waals surface area contributed by atoms with Crippen LogP contribution in [0.3, 0.4) is 0 Å². The molecule has 2 aliphatic heterocycles. The van der Waals surface area contributed by atoms with E-state index in [9.17, 15) is 9.59 Å². The topological polar surface area (TPSA) is 52.7 Å². The second-order valence-electron chi connectivity index (χ2n) is 5.47. The first-order valence-electron chi connectivity index (χ1n) is 6.83. The van der Waals surface area contributed by atoms with E-state index in [0.717, 1.165) is 45.3 Å². The summed E-state index contributed by atoms with van der Waals surface area (Å²) in [4.78, 5) is 27.9. The maximum Gasteiger partial charge on any atom is 0.244 e. The summed E-state index contributed by atoms with van der Waals surface area (Å²) in [6.45, 7) is 2.50. The summed E-state index contributed by atoms with van der Waals surface area (Å²) < 4.78 is 0. The molecule has 0 saturated carbocycles. The molecule has 102 valence electrons. The van der Waals surface area contributed by atoms with Gasteiger partial charge in [0.25, 0.3) is 0 Å². The highest BCUT2D eigenvalue weighted by atomic mass is 16.2. The fraction of sp³-hybridized carbons (Fsp3) is 0.846. The average Bonchev–Trinajstić information content (AvgIpc) is 2.87. The Morgan fingerprint density at radius 1 is 1.22 bits per heavy atom. The number of amides is 2. The Labute approximate surface area is 108 Å². The first-order valence-corrected chi connectivity index (χ1v) is 6.83. The molecule has 2 saturated heterocycles. The number of hydrogen-bond donors (Lipinski definition) is 1. The van der Waals surface area contributed by atoms with E-state index in [-0.39, 0.29) is 23.8 Å². The van der Waals surface area contributed by atoms with Gasteiger partial charge >= 0.3 is 0 Å². The van der Waals surface area contributed by atoms with Crippen LogP contribution in [-0.4, -0.2) is 61.4 Å². The van der Waals surface area contributed by atoms with Gasteiger partial charge in [-0.3, -0.25) is 9.59 Å². The van der Waals surface area contributed by atoms with Crippen LogP contribution >= 0.6 is 0 Å². The molecular weight excluding hydrogens is 230 g/mol. The van der Waals surface area contributed by atoms with Crippen molar-refractivity contribution >= 4 is 11.8 Å². The second-order valence-corrected chi connectivity index (χ2v) is 5.47. The normalized spacial score (nSPS) is 28.2. The molecule has 18 heavy (non-hydrogen) atoms. The van der Waals surface area contributed by atoms with Gasteiger partial charge in [0.2, 0.25) is 11.8 Å². The molecule has 2 atom stereocenters. The van der Waals surface area contributed by atoms with Gasteiger partial charge in [-0.25, -0.2) is 0 Å². The van der Waals surface area contributed by atoms with Gasteiger partial charge in [0.1, 0.15) is 6.04 Å². The monoisotopic (exact) mass is 253 g/mol. The molecule has 0 aliphatic carbocycles. The molecule has 0 aromatic heterocycles. The predicted octanol–water partition coefficient (Wildman–Crippen LogP) is 0.0652. The van der Waals surface area contributed by atoms with Gasteiger partial charge < -0.3 is 15.1 Å². The third-order valence-corrected chi connectivity index (χ3v) is 3.91. The predicted molar refractivity (Wildman–Crippen MR) is 69.0 cm³/mol. The first kappa shape index (κ1) is 13.3. The third kappa shape index (κ3) is 2.66. The summed E-state index contributed by atoms with van der Waals surface area (Å²) >= 11 is 0. The average molecular weight is 253 g/mol. The lowest BCUT2D eigenvalue weighted by Crippen LogP contribution is -2.49. The summed E-state index contributed by atoms with van der Waals surface area (Å²) in [7, 11) is 3.51.